The number of para-hydroxylation sites is 2. The molecule has 3 rings (SSSR count). The lowest BCUT2D eigenvalue weighted by atomic mass is 10.2. The molecule has 2 aromatic rings. The quantitative estimate of drug-likeness (QED) is 0.776. The van der Waals surface area contributed by atoms with Gasteiger partial charge in [-0.1, -0.05) is 12.1 Å². The summed E-state index contributed by atoms with van der Waals surface area (Å²) in [6.45, 7) is 3.85. The van der Waals surface area contributed by atoms with E-state index in [1.807, 2.05) is 24.3 Å². The van der Waals surface area contributed by atoms with Gasteiger partial charge in [-0.05, 0) is 43.3 Å². The highest BCUT2D eigenvalue weighted by molar-refractivity contribution is 7.89. The van der Waals surface area contributed by atoms with Crippen molar-refractivity contribution < 1.29 is 17.9 Å². The highest BCUT2D eigenvalue weighted by Gasteiger charge is 2.29. The molecule has 0 saturated carbocycles. The first kappa shape index (κ1) is 18.5. The molecule has 0 spiro atoms. The van der Waals surface area contributed by atoms with Crippen molar-refractivity contribution in [1.29, 1.82) is 0 Å². The van der Waals surface area contributed by atoms with E-state index in [1.165, 1.54) is 4.31 Å². The molecule has 0 saturated heterocycles. The minimum absolute atomic E-state index is 0.233. The van der Waals surface area contributed by atoms with E-state index in [0.29, 0.717) is 12.3 Å². The van der Waals surface area contributed by atoms with Crippen LogP contribution in [0, 0.1) is 0 Å². The van der Waals surface area contributed by atoms with Crippen LogP contribution >= 0.6 is 0 Å². The Morgan fingerprint density at radius 3 is 2.54 bits per heavy atom. The van der Waals surface area contributed by atoms with Crippen molar-refractivity contribution in [2.24, 2.45) is 0 Å². The van der Waals surface area contributed by atoms with Gasteiger partial charge in [-0.25, -0.2) is 8.42 Å². The number of ether oxygens (including phenoxy) is 2. The van der Waals surface area contributed by atoms with Gasteiger partial charge in [-0.2, -0.15) is 4.31 Å². The molecule has 26 heavy (non-hydrogen) atoms. The van der Waals surface area contributed by atoms with Crippen LogP contribution in [0.2, 0.25) is 0 Å². The number of hydrogen-bond acceptors (Lipinski definition) is 5. The van der Waals surface area contributed by atoms with E-state index in [9.17, 15) is 8.42 Å². The molecular weight excluding hydrogens is 352 g/mol. The Hall–Kier alpha value is -2.25. The Labute approximate surface area is 155 Å². The fraction of sp³-hybridized carbons (Fsp3) is 0.368. The largest absolute Gasteiger partial charge is 0.497 e. The van der Waals surface area contributed by atoms with E-state index < -0.39 is 10.0 Å². The number of hydrogen-bond donors (Lipinski definition) is 0. The first-order valence-electron chi connectivity index (χ1n) is 8.56. The summed E-state index contributed by atoms with van der Waals surface area (Å²) in [4.78, 5) is 2.45. The average Bonchev–Trinajstić information content (AvgIpc) is 2.67. The lowest BCUT2D eigenvalue weighted by Gasteiger charge is -2.36. The van der Waals surface area contributed by atoms with Crippen LogP contribution in [0.4, 0.5) is 5.69 Å². The number of anilines is 1. The number of rotatable bonds is 6. The highest BCUT2D eigenvalue weighted by atomic mass is 32.2. The minimum atomic E-state index is -3.59. The van der Waals surface area contributed by atoms with Crippen LogP contribution in [0.5, 0.6) is 11.5 Å². The van der Waals surface area contributed by atoms with Crippen molar-refractivity contribution in [1.82, 2.24) is 4.31 Å². The first-order valence-corrected chi connectivity index (χ1v) is 10.0. The molecule has 1 heterocycles. The molecule has 1 aliphatic rings. The van der Waals surface area contributed by atoms with Gasteiger partial charge in [0, 0.05) is 13.6 Å². The lowest BCUT2D eigenvalue weighted by molar-refractivity contribution is 0.171. The molecule has 0 aliphatic carbocycles. The highest BCUT2D eigenvalue weighted by Crippen LogP contribution is 2.33. The molecule has 1 atom stereocenters. The van der Waals surface area contributed by atoms with Crippen molar-refractivity contribution in [2.45, 2.75) is 17.9 Å². The van der Waals surface area contributed by atoms with E-state index >= 15 is 0 Å². The average molecular weight is 376 g/mol. The number of fused-ring (bicyclic) bond motifs is 1. The maximum atomic E-state index is 12.8. The molecule has 7 heteroatoms. The standard InChI is InChI=1S/C19H24N2O4S/c1-4-21-14-16(25-19-8-6-5-7-18(19)21)13-20(2)26(22,23)17-11-9-15(24-3)10-12-17/h5-12,16H,4,13-14H2,1-3H3/t16-/m1/s1. The SMILES string of the molecule is CCN1C[C@@H](CN(C)S(=O)(=O)c2ccc(OC)cc2)Oc2ccccc21. The van der Waals surface area contributed by atoms with Gasteiger partial charge in [0.25, 0.3) is 0 Å². The summed E-state index contributed by atoms with van der Waals surface area (Å²) in [6.07, 6.45) is -0.233. The Morgan fingerprint density at radius 1 is 1.19 bits per heavy atom. The topological polar surface area (TPSA) is 59.1 Å². The number of likely N-dealkylation sites (N-methyl/N-ethyl adjacent to an activating group) is 2. The van der Waals surface area contributed by atoms with E-state index in [2.05, 4.69) is 11.8 Å². The van der Waals surface area contributed by atoms with Crippen LogP contribution in [0.25, 0.3) is 0 Å². The fourth-order valence-corrected chi connectivity index (χ4v) is 4.29. The zero-order valence-electron chi connectivity index (χ0n) is 15.3. The molecule has 6 nitrogen and oxygen atoms in total. The number of sulfonamides is 1. The third-order valence-electron chi connectivity index (χ3n) is 4.53. The van der Waals surface area contributed by atoms with Gasteiger partial charge in [0.2, 0.25) is 10.0 Å². The second kappa shape index (κ2) is 7.55. The van der Waals surface area contributed by atoms with Crippen LogP contribution in [0.3, 0.4) is 0 Å². The van der Waals surface area contributed by atoms with Crippen LogP contribution in [-0.4, -0.2) is 52.6 Å². The number of nitrogens with zero attached hydrogens (tertiary/aromatic N) is 2. The lowest BCUT2D eigenvalue weighted by Crippen LogP contribution is -2.46. The predicted octanol–water partition coefficient (Wildman–Crippen LogP) is 2.60. The Balaban J connectivity index is 1.75. The molecular formula is C19H24N2O4S. The maximum absolute atomic E-state index is 12.8. The van der Waals surface area contributed by atoms with Gasteiger partial charge in [0.15, 0.2) is 0 Å². The fourth-order valence-electron chi connectivity index (χ4n) is 3.09. The van der Waals surface area contributed by atoms with E-state index in [4.69, 9.17) is 9.47 Å². The van der Waals surface area contributed by atoms with E-state index in [0.717, 1.165) is 18.0 Å². The summed E-state index contributed by atoms with van der Waals surface area (Å²) in [5.74, 6) is 1.42. The summed E-state index contributed by atoms with van der Waals surface area (Å²) in [7, 11) is -0.454. The van der Waals surface area contributed by atoms with Crippen LogP contribution in [0.15, 0.2) is 53.4 Å². The van der Waals surface area contributed by atoms with Gasteiger partial charge in [-0.3, -0.25) is 0 Å². The van der Waals surface area contributed by atoms with Gasteiger partial charge < -0.3 is 14.4 Å². The van der Waals surface area contributed by atoms with Gasteiger partial charge in [0.05, 0.1) is 30.8 Å². The molecule has 140 valence electrons. The number of benzene rings is 2. The number of methoxy groups -OCH3 is 1. The smallest absolute Gasteiger partial charge is 0.242 e. The molecule has 0 amide bonds. The molecule has 0 N–H and O–H groups in total. The Bertz CT molecular complexity index is 852. The molecule has 0 aromatic heterocycles. The summed E-state index contributed by atoms with van der Waals surface area (Å²) in [5, 5.41) is 0. The predicted molar refractivity (Wildman–Crippen MR) is 102 cm³/mol. The first-order chi connectivity index (χ1) is 12.5. The normalized spacial score (nSPS) is 16.9. The van der Waals surface area contributed by atoms with Gasteiger partial charge in [0.1, 0.15) is 17.6 Å². The summed E-state index contributed by atoms with van der Waals surface area (Å²) < 4.78 is 38.1. The Morgan fingerprint density at radius 2 is 1.88 bits per heavy atom. The zero-order valence-corrected chi connectivity index (χ0v) is 16.1. The summed E-state index contributed by atoms with van der Waals surface area (Å²) in [5.41, 5.74) is 1.05. The van der Waals surface area contributed by atoms with Crippen molar-refractivity contribution in [2.75, 3.05) is 38.7 Å². The van der Waals surface area contributed by atoms with E-state index in [-0.39, 0.29) is 17.5 Å². The van der Waals surface area contributed by atoms with Gasteiger partial charge in [-0.15, -0.1) is 0 Å². The van der Waals surface area contributed by atoms with Gasteiger partial charge >= 0.3 is 0 Å². The molecule has 0 unspecified atom stereocenters. The molecule has 0 fully saturated rings. The van der Waals surface area contributed by atoms with Crippen molar-refractivity contribution in [3.63, 3.8) is 0 Å². The van der Waals surface area contributed by atoms with E-state index in [1.54, 1.807) is 38.4 Å². The third-order valence-corrected chi connectivity index (χ3v) is 6.37. The molecule has 0 bridgehead atoms. The molecule has 0 radical (unpaired) electrons. The minimum Gasteiger partial charge on any atom is -0.497 e. The third kappa shape index (κ3) is 3.64. The maximum Gasteiger partial charge on any atom is 0.242 e. The second-order valence-electron chi connectivity index (χ2n) is 6.21. The van der Waals surface area contributed by atoms with Crippen LogP contribution < -0.4 is 14.4 Å². The molecule has 2 aromatic carbocycles. The monoisotopic (exact) mass is 376 g/mol. The zero-order chi connectivity index (χ0) is 18.7. The summed E-state index contributed by atoms with van der Waals surface area (Å²) >= 11 is 0. The summed E-state index contributed by atoms with van der Waals surface area (Å²) in [6, 6.07) is 14.2. The van der Waals surface area contributed by atoms with Crippen LogP contribution in [0.1, 0.15) is 6.92 Å². The Kier molecular flexibility index (Phi) is 5.38. The van der Waals surface area contributed by atoms with Crippen molar-refractivity contribution in [3.05, 3.63) is 48.5 Å². The second-order valence-corrected chi connectivity index (χ2v) is 8.25. The van der Waals surface area contributed by atoms with Crippen molar-refractivity contribution in [3.8, 4) is 11.5 Å². The van der Waals surface area contributed by atoms with Crippen molar-refractivity contribution >= 4 is 15.7 Å². The molecule has 1 aliphatic heterocycles. The van der Waals surface area contributed by atoms with Crippen LogP contribution in [-0.2, 0) is 10.0 Å².